The standard InChI is InChI=1S/C65H42O2/c1-39-30-34-41(35-31-39)65(42-36-32-40(2)33-37-42)56-25-6-3-14-45(56)50-23-11-24-53(64(50)65)61-48-19-9-17-43(46-21-12-28-59-62(46)51-15-4-7-26-57(51)66-59)54(48)38-55-44(18-10-20-49(55)61)47-22-13-29-60-63(47)52-16-5-8-27-58(52)67-60/h3-38H,1-2H3. The van der Waals surface area contributed by atoms with E-state index in [0.29, 0.717) is 0 Å². The molecular weight excluding hydrogens is 813 g/mol. The minimum absolute atomic E-state index is 0.615. The van der Waals surface area contributed by atoms with Gasteiger partial charge in [-0.1, -0.05) is 199 Å². The van der Waals surface area contributed by atoms with E-state index in [1.807, 2.05) is 0 Å². The molecule has 2 nitrogen and oxygen atoms in total. The second-order valence-corrected chi connectivity index (χ2v) is 18.4. The Morgan fingerprint density at radius 3 is 1.27 bits per heavy atom. The quantitative estimate of drug-likeness (QED) is 0.161. The van der Waals surface area contributed by atoms with Gasteiger partial charge >= 0.3 is 0 Å². The summed E-state index contributed by atoms with van der Waals surface area (Å²) in [7, 11) is 0. The number of hydrogen-bond donors (Lipinski definition) is 0. The molecule has 0 amide bonds. The Hall–Kier alpha value is -8.46. The van der Waals surface area contributed by atoms with Gasteiger partial charge < -0.3 is 8.83 Å². The van der Waals surface area contributed by atoms with E-state index < -0.39 is 5.41 Å². The molecule has 14 rings (SSSR count). The fraction of sp³-hybridized carbons (Fsp3) is 0.0462. The highest BCUT2D eigenvalue weighted by Gasteiger charge is 2.48. The Morgan fingerprint density at radius 2 is 0.701 bits per heavy atom. The molecule has 2 heteroatoms. The van der Waals surface area contributed by atoms with Crippen molar-refractivity contribution in [3.05, 3.63) is 252 Å². The van der Waals surface area contributed by atoms with Crippen LogP contribution in [0.5, 0.6) is 0 Å². The summed E-state index contributed by atoms with van der Waals surface area (Å²) >= 11 is 0. The summed E-state index contributed by atoms with van der Waals surface area (Å²) in [6.07, 6.45) is 0. The van der Waals surface area contributed by atoms with Gasteiger partial charge in [-0.2, -0.15) is 0 Å². The maximum absolute atomic E-state index is 6.53. The lowest BCUT2D eigenvalue weighted by atomic mass is 9.65. The zero-order valence-electron chi connectivity index (χ0n) is 37.1. The van der Waals surface area contributed by atoms with Crippen LogP contribution in [0, 0.1) is 13.8 Å². The van der Waals surface area contributed by atoms with Crippen LogP contribution in [0.4, 0.5) is 0 Å². The van der Waals surface area contributed by atoms with E-state index in [1.54, 1.807) is 0 Å². The maximum atomic E-state index is 6.53. The van der Waals surface area contributed by atoms with E-state index in [0.717, 1.165) is 55.0 Å². The van der Waals surface area contributed by atoms with Crippen LogP contribution < -0.4 is 0 Å². The topological polar surface area (TPSA) is 26.3 Å². The SMILES string of the molecule is Cc1ccc(C2(c3ccc(C)cc3)c3ccccc3-c3cccc(-c4c5cccc(-c6cccc7oc8ccccc8c67)c5cc5c(-c6cccc7oc8ccccc8c67)cccc45)c32)cc1. The highest BCUT2D eigenvalue weighted by atomic mass is 16.3. The predicted octanol–water partition coefficient (Wildman–Crippen LogP) is 17.8. The summed E-state index contributed by atoms with van der Waals surface area (Å²) in [4.78, 5) is 0. The molecule has 2 aromatic heterocycles. The molecule has 2 heterocycles. The Labute approximate surface area is 388 Å². The number of rotatable bonds is 5. The molecule has 0 aliphatic heterocycles. The lowest BCUT2D eigenvalue weighted by Gasteiger charge is -2.36. The van der Waals surface area contributed by atoms with Gasteiger partial charge in [0.2, 0.25) is 0 Å². The van der Waals surface area contributed by atoms with Gasteiger partial charge in [0.15, 0.2) is 0 Å². The summed E-state index contributed by atoms with van der Waals surface area (Å²) in [5, 5.41) is 9.26. The Kier molecular flexibility index (Phi) is 8.06. The summed E-state index contributed by atoms with van der Waals surface area (Å²) in [5.41, 5.74) is 20.1. The molecule has 0 saturated heterocycles. The number of furan rings is 2. The fourth-order valence-corrected chi connectivity index (χ4v) is 11.9. The van der Waals surface area contributed by atoms with Gasteiger partial charge in [-0.15, -0.1) is 0 Å². The van der Waals surface area contributed by atoms with Crippen molar-refractivity contribution in [3.63, 3.8) is 0 Å². The van der Waals surface area contributed by atoms with Crippen LogP contribution in [0.1, 0.15) is 33.4 Å². The van der Waals surface area contributed by atoms with Gasteiger partial charge in [0.1, 0.15) is 22.3 Å². The van der Waals surface area contributed by atoms with Gasteiger partial charge in [-0.05, 0) is 132 Å². The van der Waals surface area contributed by atoms with Crippen molar-refractivity contribution in [3.8, 4) is 44.5 Å². The molecule has 11 aromatic carbocycles. The zero-order chi connectivity index (χ0) is 44.4. The van der Waals surface area contributed by atoms with Gasteiger partial charge in [0, 0.05) is 21.5 Å². The monoisotopic (exact) mass is 854 g/mol. The summed E-state index contributed by atoms with van der Waals surface area (Å²) < 4.78 is 13.1. The molecule has 0 spiro atoms. The average Bonchev–Trinajstić information content (AvgIpc) is 4.05. The van der Waals surface area contributed by atoms with E-state index in [1.165, 1.54) is 88.3 Å². The normalized spacial score (nSPS) is 13.0. The molecule has 0 N–H and O–H groups in total. The first-order valence-corrected chi connectivity index (χ1v) is 23.2. The van der Waals surface area contributed by atoms with Gasteiger partial charge in [-0.25, -0.2) is 0 Å². The molecule has 0 unspecified atom stereocenters. The Balaban J connectivity index is 1.17. The largest absolute Gasteiger partial charge is 0.456 e. The Morgan fingerprint density at radius 1 is 0.299 bits per heavy atom. The minimum Gasteiger partial charge on any atom is -0.456 e. The molecule has 0 radical (unpaired) electrons. The third-order valence-corrected chi connectivity index (χ3v) is 14.7. The highest BCUT2D eigenvalue weighted by molar-refractivity contribution is 6.24. The first-order valence-electron chi connectivity index (χ1n) is 23.2. The molecule has 0 atom stereocenters. The van der Waals surface area contributed by atoms with Crippen molar-refractivity contribution >= 4 is 65.4 Å². The van der Waals surface area contributed by atoms with Crippen LogP contribution in [-0.2, 0) is 5.41 Å². The molecule has 0 saturated carbocycles. The fourth-order valence-electron chi connectivity index (χ4n) is 11.9. The number of hydrogen-bond acceptors (Lipinski definition) is 2. The Bertz CT molecular complexity index is 3940. The first-order chi connectivity index (χ1) is 33.1. The van der Waals surface area contributed by atoms with Gasteiger partial charge in [0.05, 0.1) is 5.41 Å². The third kappa shape index (κ3) is 5.33. The van der Waals surface area contributed by atoms with Crippen molar-refractivity contribution in [2.75, 3.05) is 0 Å². The van der Waals surface area contributed by atoms with Crippen molar-refractivity contribution in [2.45, 2.75) is 19.3 Å². The van der Waals surface area contributed by atoms with Gasteiger partial charge in [0.25, 0.3) is 0 Å². The molecule has 0 fully saturated rings. The minimum atomic E-state index is -0.615. The van der Waals surface area contributed by atoms with Crippen LogP contribution in [0.2, 0.25) is 0 Å². The van der Waals surface area contributed by atoms with Crippen LogP contribution in [0.25, 0.3) is 110 Å². The molecule has 13 aromatic rings. The zero-order valence-corrected chi connectivity index (χ0v) is 37.1. The van der Waals surface area contributed by atoms with E-state index in [2.05, 4.69) is 232 Å². The summed E-state index contributed by atoms with van der Waals surface area (Å²) in [6, 6.07) is 80.8. The molecule has 67 heavy (non-hydrogen) atoms. The van der Waals surface area contributed by atoms with Crippen LogP contribution in [0.3, 0.4) is 0 Å². The summed E-state index contributed by atoms with van der Waals surface area (Å²) in [6.45, 7) is 4.36. The second-order valence-electron chi connectivity index (χ2n) is 18.4. The smallest absolute Gasteiger partial charge is 0.136 e. The first kappa shape index (κ1) is 37.9. The lowest BCUT2D eigenvalue weighted by molar-refractivity contribution is 0.668. The van der Waals surface area contributed by atoms with Crippen molar-refractivity contribution in [1.82, 2.24) is 0 Å². The van der Waals surface area contributed by atoms with Crippen LogP contribution in [0.15, 0.2) is 227 Å². The van der Waals surface area contributed by atoms with E-state index in [-0.39, 0.29) is 0 Å². The van der Waals surface area contributed by atoms with Crippen molar-refractivity contribution in [2.24, 2.45) is 0 Å². The maximum Gasteiger partial charge on any atom is 0.136 e. The van der Waals surface area contributed by atoms with Crippen LogP contribution in [-0.4, -0.2) is 0 Å². The predicted molar refractivity (Wildman–Crippen MR) is 279 cm³/mol. The molecule has 1 aliphatic carbocycles. The van der Waals surface area contributed by atoms with E-state index in [4.69, 9.17) is 8.83 Å². The van der Waals surface area contributed by atoms with Crippen molar-refractivity contribution in [1.29, 1.82) is 0 Å². The van der Waals surface area contributed by atoms with Crippen LogP contribution >= 0.6 is 0 Å². The average molecular weight is 855 g/mol. The molecular formula is C65H42O2. The lowest BCUT2D eigenvalue weighted by Crippen LogP contribution is -2.29. The molecule has 314 valence electrons. The molecule has 0 bridgehead atoms. The second kappa shape index (κ2) is 14.3. The molecule has 1 aliphatic rings. The van der Waals surface area contributed by atoms with E-state index >= 15 is 0 Å². The number of fused-ring (bicyclic) bond motifs is 11. The third-order valence-electron chi connectivity index (χ3n) is 14.7. The highest BCUT2D eigenvalue weighted by Crippen LogP contribution is 2.60. The number of aryl methyl sites for hydroxylation is 2. The van der Waals surface area contributed by atoms with Gasteiger partial charge in [-0.3, -0.25) is 0 Å². The number of para-hydroxylation sites is 2. The summed E-state index contributed by atoms with van der Waals surface area (Å²) in [5.74, 6) is 0. The van der Waals surface area contributed by atoms with E-state index in [9.17, 15) is 0 Å². The van der Waals surface area contributed by atoms with Crippen molar-refractivity contribution < 1.29 is 8.83 Å². The number of benzene rings is 11.